The average Bonchev–Trinajstić information content (AvgIpc) is 2.44. The number of carbonyl (C=O) groups is 1. The van der Waals surface area contributed by atoms with Crippen molar-refractivity contribution in [1.29, 1.82) is 0 Å². The van der Waals surface area contributed by atoms with Crippen LogP contribution in [0.5, 0.6) is 0 Å². The molecular weight excluding hydrogens is 284 g/mol. The lowest BCUT2D eigenvalue weighted by Gasteiger charge is -2.27. The van der Waals surface area contributed by atoms with Crippen LogP contribution in [-0.4, -0.2) is 41.0 Å². The Labute approximate surface area is 130 Å². The number of carboxylic acids is 1. The van der Waals surface area contributed by atoms with Gasteiger partial charge in [-0.1, -0.05) is 31.2 Å². The van der Waals surface area contributed by atoms with Gasteiger partial charge in [-0.2, -0.15) is 11.8 Å². The fraction of sp³-hybridized carbons (Fsp3) is 0.500. The highest BCUT2D eigenvalue weighted by atomic mass is 32.2. The standard InChI is InChI=1S/C16H22N2O2S/c1-10(9-21-3)14(16(19)20)18-15-13-7-5-4-6-12(13)8-11(2)17-15/h4-7,10-11,14H,8-9H2,1-3H3,(H,17,18)(H,19,20)/t10-,11-,14+/m0/s1. The molecule has 2 N–H and O–H groups in total. The minimum absolute atomic E-state index is 0.0320. The van der Waals surface area contributed by atoms with Crippen molar-refractivity contribution in [1.82, 2.24) is 5.32 Å². The van der Waals surface area contributed by atoms with Crippen LogP contribution in [0.25, 0.3) is 0 Å². The Balaban J connectivity index is 2.25. The topological polar surface area (TPSA) is 61.7 Å². The molecule has 0 radical (unpaired) electrons. The molecule has 1 aromatic rings. The molecular formula is C16H22N2O2S. The molecule has 0 aromatic heterocycles. The number of benzene rings is 1. The largest absolute Gasteiger partial charge is 0.480 e. The third kappa shape index (κ3) is 3.79. The molecule has 4 nitrogen and oxygen atoms in total. The fourth-order valence-electron chi connectivity index (χ4n) is 2.65. The summed E-state index contributed by atoms with van der Waals surface area (Å²) in [6.07, 6.45) is 2.89. The van der Waals surface area contributed by atoms with E-state index in [0.717, 1.165) is 17.7 Å². The first kappa shape index (κ1) is 15.9. The van der Waals surface area contributed by atoms with Crippen molar-refractivity contribution >= 4 is 23.6 Å². The second-order valence-corrected chi connectivity index (χ2v) is 6.49. The molecule has 0 unspecified atom stereocenters. The summed E-state index contributed by atoms with van der Waals surface area (Å²) < 4.78 is 0. The van der Waals surface area contributed by atoms with E-state index in [-0.39, 0.29) is 12.0 Å². The van der Waals surface area contributed by atoms with Crippen LogP contribution in [0.1, 0.15) is 25.0 Å². The summed E-state index contributed by atoms with van der Waals surface area (Å²) in [6.45, 7) is 4.01. The van der Waals surface area contributed by atoms with Gasteiger partial charge in [0, 0.05) is 5.56 Å². The van der Waals surface area contributed by atoms with Gasteiger partial charge in [0.05, 0.1) is 6.04 Å². The van der Waals surface area contributed by atoms with Crippen LogP contribution in [0.15, 0.2) is 29.3 Å². The number of fused-ring (bicyclic) bond motifs is 1. The average molecular weight is 306 g/mol. The summed E-state index contributed by atoms with van der Waals surface area (Å²) in [5.41, 5.74) is 2.25. The van der Waals surface area contributed by atoms with Gasteiger partial charge in [-0.25, -0.2) is 4.79 Å². The molecule has 0 bridgehead atoms. The summed E-state index contributed by atoms with van der Waals surface area (Å²) in [5, 5.41) is 12.7. The van der Waals surface area contributed by atoms with Crippen molar-refractivity contribution in [2.24, 2.45) is 10.9 Å². The number of aliphatic imine (C=N–C) groups is 1. The lowest BCUT2D eigenvalue weighted by molar-refractivity contribution is -0.140. The van der Waals surface area contributed by atoms with Crippen LogP contribution < -0.4 is 5.32 Å². The van der Waals surface area contributed by atoms with Gasteiger partial charge in [-0.3, -0.25) is 4.99 Å². The molecule has 21 heavy (non-hydrogen) atoms. The number of rotatable bonds is 5. The molecule has 1 aliphatic rings. The summed E-state index contributed by atoms with van der Waals surface area (Å²) in [4.78, 5) is 16.2. The van der Waals surface area contributed by atoms with E-state index in [1.165, 1.54) is 5.56 Å². The maximum absolute atomic E-state index is 11.6. The van der Waals surface area contributed by atoms with Crippen molar-refractivity contribution in [3.63, 3.8) is 0 Å². The second-order valence-electron chi connectivity index (χ2n) is 5.58. The van der Waals surface area contributed by atoms with E-state index in [4.69, 9.17) is 0 Å². The van der Waals surface area contributed by atoms with E-state index in [1.54, 1.807) is 11.8 Å². The minimum Gasteiger partial charge on any atom is -0.480 e. The van der Waals surface area contributed by atoms with E-state index in [2.05, 4.69) is 23.3 Å². The van der Waals surface area contributed by atoms with Gasteiger partial charge in [-0.05, 0) is 36.8 Å². The zero-order valence-corrected chi connectivity index (χ0v) is 13.5. The SMILES string of the molecule is CSC[C@H](C)[C@@H](NC1=N[C@@H](C)Cc2ccccc21)C(=O)O. The van der Waals surface area contributed by atoms with Crippen LogP contribution >= 0.6 is 11.8 Å². The predicted octanol–water partition coefficient (Wildman–Crippen LogP) is 2.42. The van der Waals surface area contributed by atoms with Gasteiger partial charge in [0.15, 0.2) is 0 Å². The molecule has 0 fully saturated rings. The lowest BCUT2D eigenvalue weighted by atomic mass is 9.96. The number of thioether (sulfide) groups is 1. The monoisotopic (exact) mass is 306 g/mol. The number of nitrogens with zero attached hydrogens (tertiary/aromatic N) is 1. The Morgan fingerprint density at radius 3 is 2.90 bits per heavy atom. The van der Waals surface area contributed by atoms with Gasteiger partial charge >= 0.3 is 5.97 Å². The van der Waals surface area contributed by atoms with E-state index >= 15 is 0 Å². The highest BCUT2D eigenvalue weighted by molar-refractivity contribution is 7.98. The quantitative estimate of drug-likeness (QED) is 0.877. The van der Waals surface area contributed by atoms with Gasteiger partial charge < -0.3 is 10.4 Å². The molecule has 2 rings (SSSR count). The van der Waals surface area contributed by atoms with Crippen LogP contribution in [0.2, 0.25) is 0 Å². The van der Waals surface area contributed by atoms with Crippen molar-refractivity contribution < 1.29 is 9.90 Å². The second kappa shape index (κ2) is 6.98. The van der Waals surface area contributed by atoms with E-state index in [0.29, 0.717) is 5.84 Å². The third-order valence-electron chi connectivity index (χ3n) is 3.69. The summed E-state index contributed by atoms with van der Waals surface area (Å²) in [5.74, 6) is 0.721. The van der Waals surface area contributed by atoms with E-state index in [9.17, 15) is 9.90 Å². The molecule has 0 spiro atoms. The van der Waals surface area contributed by atoms with Gasteiger partial charge in [0.1, 0.15) is 11.9 Å². The fourth-order valence-corrected chi connectivity index (χ4v) is 3.37. The number of aliphatic carboxylic acids is 1. The van der Waals surface area contributed by atoms with Crippen molar-refractivity contribution in [2.45, 2.75) is 32.4 Å². The highest BCUT2D eigenvalue weighted by Crippen LogP contribution is 2.20. The Hall–Kier alpha value is -1.49. The zero-order chi connectivity index (χ0) is 15.4. The molecule has 0 aliphatic carbocycles. The van der Waals surface area contributed by atoms with Crippen molar-refractivity contribution in [2.75, 3.05) is 12.0 Å². The van der Waals surface area contributed by atoms with E-state index in [1.807, 2.05) is 31.4 Å². The summed E-state index contributed by atoms with van der Waals surface area (Å²) >= 11 is 1.66. The molecule has 1 heterocycles. The van der Waals surface area contributed by atoms with Crippen molar-refractivity contribution in [3.05, 3.63) is 35.4 Å². The number of carboxylic acid groups (broad SMARTS) is 1. The molecule has 3 atom stereocenters. The molecule has 0 amide bonds. The van der Waals surface area contributed by atoms with Gasteiger partial charge in [0.25, 0.3) is 0 Å². The molecule has 0 saturated carbocycles. The predicted molar refractivity (Wildman–Crippen MR) is 88.3 cm³/mol. The van der Waals surface area contributed by atoms with Crippen LogP contribution in [0, 0.1) is 5.92 Å². The van der Waals surface area contributed by atoms with Crippen molar-refractivity contribution in [3.8, 4) is 0 Å². The number of hydrogen-bond donors (Lipinski definition) is 2. The maximum atomic E-state index is 11.6. The van der Waals surface area contributed by atoms with Gasteiger partial charge in [0.2, 0.25) is 0 Å². The summed E-state index contributed by atoms with van der Waals surface area (Å²) in [6, 6.07) is 7.63. The zero-order valence-electron chi connectivity index (χ0n) is 12.7. The lowest BCUT2D eigenvalue weighted by Crippen LogP contribution is -2.47. The Bertz CT molecular complexity index is 545. The van der Waals surface area contributed by atoms with Crippen LogP contribution in [0.4, 0.5) is 0 Å². The smallest absolute Gasteiger partial charge is 0.326 e. The first-order chi connectivity index (χ1) is 10.0. The number of hydrogen-bond acceptors (Lipinski definition) is 4. The van der Waals surface area contributed by atoms with E-state index < -0.39 is 12.0 Å². The van der Waals surface area contributed by atoms with Gasteiger partial charge in [-0.15, -0.1) is 0 Å². The first-order valence-corrected chi connectivity index (χ1v) is 8.56. The third-order valence-corrected chi connectivity index (χ3v) is 4.55. The maximum Gasteiger partial charge on any atom is 0.326 e. The summed E-state index contributed by atoms with van der Waals surface area (Å²) in [7, 11) is 0. The Kier molecular flexibility index (Phi) is 5.28. The molecule has 5 heteroatoms. The van der Waals surface area contributed by atoms with Crippen LogP contribution in [-0.2, 0) is 11.2 Å². The molecule has 114 valence electrons. The molecule has 1 aliphatic heterocycles. The Morgan fingerprint density at radius 2 is 2.24 bits per heavy atom. The molecule has 0 saturated heterocycles. The van der Waals surface area contributed by atoms with Crippen LogP contribution in [0.3, 0.4) is 0 Å². The first-order valence-electron chi connectivity index (χ1n) is 7.17. The molecule has 1 aromatic carbocycles. The number of nitrogens with one attached hydrogen (secondary N) is 1. The minimum atomic E-state index is -0.824. The normalized spacial score (nSPS) is 20.1. The Morgan fingerprint density at radius 1 is 1.52 bits per heavy atom. The number of amidine groups is 1. The highest BCUT2D eigenvalue weighted by Gasteiger charge is 2.28.